The molecule has 138 valence electrons. The summed E-state index contributed by atoms with van der Waals surface area (Å²) in [7, 11) is 1.65. The van der Waals surface area contributed by atoms with Gasteiger partial charge in [0.1, 0.15) is 5.75 Å². The summed E-state index contributed by atoms with van der Waals surface area (Å²) in [4.78, 5) is 14.3. The first kappa shape index (κ1) is 17.6. The van der Waals surface area contributed by atoms with Gasteiger partial charge in [-0.2, -0.15) is 0 Å². The lowest BCUT2D eigenvalue weighted by Gasteiger charge is -2.21. The molecule has 0 amide bonds. The Bertz CT molecular complexity index is 954. The number of nitrogens with zero attached hydrogens (tertiary/aromatic N) is 1. The van der Waals surface area contributed by atoms with E-state index in [9.17, 15) is 9.90 Å². The molecule has 1 heterocycles. The van der Waals surface area contributed by atoms with Gasteiger partial charge in [0.05, 0.1) is 13.0 Å². The Morgan fingerprint density at radius 1 is 1.04 bits per heavy atom. The second kappa shape index (κ2) is 7.41. The third-order valence-electron chi connectivity index (χ3n) is 5.48. The summed E-state index contributed by atoms with van der Waals surface area (Å²) >= 11 is 0. The van der Waals surface area contributed by atoms with E-state index >= 15 is 0 Å². The lowest BCUT2D eigenvalue weighted by Crippen LogP contribution is -2.23. The molecule has 27 heavy (non-hydrogen) atoms. The van der Waals surface area contributed by atoms with Crippen molar-refractivity contribution < 1.29 is 14.6 Å². The van der Waals surface area contributed by atoms with Crippen molar-refractivity contribution in [3.63, 3.8) is 0 Å². The van der Waals surface area contributed by atoms with Crippen LogP contribution in [0.15, 0.2) is 66.7 Å². The summed E-state index contributed by atoms with van der Waals surface area (Å²) in [6.07, 6.45) is 0. The van der Waals surface area contributed by atoms with Crippen LogP contribution in [-0.4, -0.2) is 36.2 Å². The van der Waals surface area contributed by atoms with Crippen molar-refractivity contribution in [2.45, 2.75) is 12.5 Å². The van der Waals surface area contributed by atoms with Gasteiger partial charge in [0.2, 0.25) is 0 Å². The molecule has 0 radical (unpaired) electrons. The van der Waals surface area contributed by atoms with Gasteiger partial charge in [-0.3, -0.25) is 9.69 Å². The van der Waals surface area contributed by atoms with Gasteiger partial charge in [0, 0.05) is 31.1 Å². The summed E-state index contributed by atoms with van der Waals surface area (Å²) in [5.74, 6) is -0.530. The number of carboxylic acids is 1. The monoisotopic (exact) mass is 361 g/mol. The molecule has 4 rings (SSSR count). The lowest BCUT2D eigenvalue weighted by molar-refractivity contribution is -0.141. The summed E-state index contributed by atoms with van der Waals surface area (Å²) in [5.41, 5.74) is 2.21. The van der Waals surface area contributed by atoms with Crippen LogP contribution in [0.1, 0.15) is 17.0 Å². The Morgan fingerprint density at radius 2 is 1.78 bits per heavy atom. The van der Waals surface area contributed by atoms with Crippen LogP contribution >= 0.6 is 0 Å². The van der Waals surface area contributed by atoms with Crippen LogP contribution in [0.5, 0.6) is 5.75 Å². The van der Waals surface area contributed by atoms with Crippen LogP contribution in [0.3, 0.4) is 0 Å². The number of rotatable bonds is 5. The molecule has 3 aromatic carbocycles. The maximum Gasteiger partial charge on any atom is 0.308 e. The number of hydrogen-bond donors (Lipinski definition) is 1. The molecule has 0 spiro atoms. The fraction of sp³-hybridized carbons (Fsp3) is 0.261. The minimum absolute atomic E-state index is 0.104. The van der Waals surface area contributed by atoms with E-state index in [-0.39, 0.29) is 5.92 Å². The summed E-state index contributed by atoms with van der Waals surface area (Å²) in [5, 5.41) is 12.1. The average molecular weight is 361 g/mol. The highest BCUT2D eigenvalue weighted by atomic mass is 16.5. The summed E-state index contributed by atoms with van der Waals surface area (Å²) < 4.78 is 5.64. The van der Waals surface area contributed by atoms with E-state index in [0.717, 1.165) is 28.6 Å². The van der Waals surface area contributed by atoms with Gasteiger partial charge in [0.15, 0.2) is 0 Å². The number of carboxylic acid groups (broad SMARTS) is 1. The molecule has 3 aromatic rings. The number of fused-ring (bicyclic) bond motifs is 1. The minimum atomic E-state index is -0.745. The van der Waals surface area contributed by atoms with Crippen LogP contribution in [0.2, 0.25) is 0 Å². The highest BCUT2D eigenvalue weighted by Gasteiger charge is 2.40. The van der Waals surface area contributed by atoms with Gasteiger partial charge in [-0.15, -0.1) is 0 Å². The minimum Gasteiger partial charge on any atom is -0.496 e. The molecule has 1 aliphatic rings. The molecule has 1 N–H and O–H groups in total. The molecule has 0 saturated carbocycles. The van der Waals surface area contributed by atoms with E-state index in [0.29, 0.717) is 13.1 Å². The number of hydrogen-bond acceptors (Lipinski definition) is 3. The molecular formula is C23H23NO3. The molecular weight excluding hydrogens is 338 g/mol. The van der Waals surface area contributed by atoms with Gasteiger partial charge in [-0.25, -0.2) is 0 Å². The highest BCUT2D eigenvalue weighted by molar-refractivity contribution is 5.89. The summed E-state index contributed by atoms with van der Waals surface area (Å²) in [6, 6.07) is 22.3. The Morgan fingerprint density at radius 3 is 2.52 bits per heavy atom. The molecule has 1 fully saturated rings. The van der Waals surface area contributed by atoms with Crippen LogP contribution in [0, 0.1) is 5.92 Å². The zero-order valence-electron chi connectivity index (χ0n) is 15.3. The van der Waals surface area contributed by atoms with E-state index in [1.807, 2.05) is 42.5 Å². The van der Waals surface area contributed by atoms with Gasteiger partial charge in [-0.05, 0) is 22.4 Å². The van der Waals surface area contributed by atoms with Gasteiger partial charge >= 0.3 is 5.97 Å². The van der Waals surface area contributed by atoms with Crippen molar-refractivity contribution >= 4 is 16.7 Å². The molecule has 4 heteroatoms. The maximum atomic E-state index is 12.1. The fourth-order valence-electron chi connectivity index (χ4n) is 4.23. The lowest BCUT2D eigenvalue weighted by atomic mass is 9.85. The number of methoxy groups -OCH3 is 1. The van der Waals surface area contributed by atoms with E-state index < -0.39 is 11.9 Å². The zero-order chi connectivity index (χ0) is 18.8. The van der Waals surface area contributed by atoms with Crippen LogP contribution in [0.4, 0.5) is 0 Å². The maximum absolute atomic E-state index is 12.1. The molecule has 1 saturated heterocycles. The first-order chi connectivity index (χ1) is 13.2. The smallest absolute Gasteiger partial charge is 0.308 e. The van der Waals surface area contributed by atoms with Gasteiger partial charge < -0.3 is 9.84 Å². The third-order valence-corrected chi connectivity index (χ3v) is 5.48. The van der Waals surface area contributed by atoms with E-state index in [1.54, 1.807) is 7.11 Å². The van der Waals surface area contributed by atoms with E-state index in [2.05, 4.69) is 29.2 Å². The number of likely N-dealkylation sites (tertiary alicyclic amines) is 1. The van der Waals surface area contributed by atoms with Crippen molar-refractivity contribution in [3.8, 4) is 5.75 Å². The topological polar surface area (TPSA) is 49.8 Å². The number of carbonyl (C=O) groups is 1. The van der Waals surface area contributed by atoms with Crippen LogP contribution < -0.4 is 4.74 Å². The Balaban J connectivity index is 1.73. The highest BCUT2D eigenvalue weighted by Crippen LogP contribution is 2.42. The second-order valence-electron chi connectivity index (χ2n) is 7.13. The predicted octanol–water partition coefficient (Wildman–Crippen LogP) is 4.15. The van der Waals surface area contributed by atoms with Crippen molar-refractivity contribution in [3.05, 3.63) is 77.9 Å². The molecule has 2 atom stereocenters. The van der Waals surface area contributed by atoms with Gasteiger partial charge in [0.25, 0.3) is 0 Å². The number of ether oxygens (including phenoxy) is 1. The van der Waals surface area contributed by atoms with E-state index in [1.165, 1.54) is 5.56 Å². The fourth-order valence-corrected chi connectivity index (χ4v) is 4.23. The SMILES string of the molecule is COc1ccc2ccccc2c1[C@H]1CN(Cc2ccccc2)C[C@@H]1C(=O)O. The normalized spacial score (nSPS) is 20.0. The molecule has 1 aliphatic heterocycles. The standard InChI is InChI=1S/C23H23NO3/c1-27-21-12-11-17-9-5-6-10-18(17)22(21)19-14-24(15-20(19)23(25)26)13-16-7-3-2-4-8-16/h2-12,19-20H,13-15H2,1H3,(H,25,26)/t19-,20-/m0/s1. The number of benzene rings is 3. The molecule has 4 nitrogen and oxygen atoms in total. The molecule has 0 aromatic heterocycles. The Hall–Kier alpha value is -2.85. The third kappa shape index (κ3) is 3.40. The van der Waals surface area contributed by atoms with Crippen molar-refractivity contribution in [2.24, 2.45) is 5.92 Å². The average Bonchev–Trinajstić information content (AvgIpc) is 3.11. The molecule has 0 aliphatic carbocycles. The van der Waals surface area contributed by atoms with Crippen LogP contribution in [0.25, 0.3) is 10.8 Å². The first-order valence-corrected chi connectivity index (χ1v) is 9.22. The van der Waals surface area contributed by atoms with Crippen molar-refractivity contribution in [1.82, 2.24) is 4.90 Å². The van der Waals surface area contributed by atoms with Gasteiger partial charge in [-0.1, -0.05) is 60.7 Å². The Labute approximate surface area is 159 Å². The number of aliphatic carboxylic acids is 1. The van der Waals surface area contributed by atoms with Crippen molar-refractivity contribution in [2.75, 3.05) is 20.2 Å². The molecule has 0 bridgehead atoms. The first-order valence-electron chi connectivity index (χ1n) is 9.22. The quantitative estimate of drug-likeness (QED) is 0.742. The Kier molecular flexibility index (Phi) is 4.82. The zero-order valence-corrected chi connectivity index (χ0v) is 15.3. The van der Waals surface area contributed by atoms with Crippen molar-refractivity contribution in [1.29, 1.82) is 0 Å². The predicted molar refractivity (Wildman–Crippen MR) is 106 cm³/mol. The summed E-state index contributed by atoms with van der Waals surface area (Å²) in [6.45, 7) is 2.01. The molecule has 0 unspecified atom stereocenters. The van der Waals surface area contributed by atoms with Crippen LogP contribution in [-0.2, 0) is 11.3 Å². The second-order valence-corrected chi connectivity index (χ2v) is 7.13. The largest absolute Gasteiger partial charge is 0.496 e. The van der Waals surface area contributed by atoms with E-state index in [4.69, 9.17) is 4.74 Å².